The SMILES string of the molecule is O[C@]1(c2ccc(Cl)cc2)C[N+]2=C(SCCC2)N1Cc1ccccc1. The molecule has 0 bridgehead atoms. The second-order valence-corrected chi connectivity index (χ2v) is 7.80. The minimum atomic E-state index is -1.02. The Morgan fingerprint density at radius 3 is 2.62 bits per heavy atom. The summed E-state index contributed by atoms with van der Waals surface area (Å²) >= 11 is 7.88. The van der Waals surface area contributed by atoms with E-state index in [2.05, 4.69) is 21.6 Å². The van der Waals surface area contributed by atoms with Gasteiger partial charge < -0.3 is 5.11 Å². The number of nitrogens with zero attached hydrogens (tertiary/aromatic N) is 2. The molecule has 0 amide bonds. The highest BCUT2D eigenvalue weighted by Gasteiger charge is 2.53. The molecule has 4 rings (SSSR count). The van der Waals surface area contributed by atoms with Crippen LogP contribution in [0, 0.1) is 0 Å². The van der Waals surface area contributed by atoms with Gasteiger partial charge in [-0.1, -0.05) is 54.1 Å². The summed E-state index contributed by atoms with van der Waals surface area (Å²) in [6.07, 6.45) is 1.16. The molecule has 0 saturated heterocycles. The summed E-state index contributed by atoms with van der Waals surface area (Å²) in [5.74, 6) is 1.10. The molecule has 0 aliphatic carbocycles. The zero-order valence-corrected chi connectivity index (χ0v) is 14.9. The normalized spacial score (nSPS) is 23.5. The summed E-state index contributed by atoms with van der Waals surface area (Å²) < 4.78 is 2.31. The number of halogens is 1. The lowest BCUT2D eigenvalue weighted by atomic mass is 10.0. The van der Waals surface area contributed by atoms with Crippen LogP contribution in [-0.4, -0.2) is 38.6 Å². The van der Waals surface area contributed by atoms with Crippen LogP contribution in [0.3, 0.4) is 0 Å². The van der Waals surface area contributed by atoms with E-state index in [1.165, 1.54) is 10.7 Å². The number of benzene rings is 2. The number of thioether (sulfide) groups is 1. The second kappa shape index (κ2) is 6.43. The monoisotopic (exact) mass is 359 g/mol. The first kappa shape index (κ1) is 16.0. The van der Waals surface area contributed by atoms with Crippen LogP contribution in [-0.2, 0) is 12.3 Å². The van der Waals surface area contributed by atoms with Gasteiger partial charge in [0.15, 0.2) is 6.54 Å². The Labute approximate surface area is 151 Å². The van der Waals surface area contributed by atoms with E-state index in [1.807, 2.05) is 54.2 Å². The Morgan fingerprint density at radius 2 is 1.88 bits per heavy atom. The molecule has 2 aromatic carbocycles. The molecule has 0 radical (unpaired) electrons. The van der Waals surface area contributed by atoms with Gasteiger partial charge in [0.05, 0.1) is 6.54 Å². The van der Waals surface area contributed by atoms with Crippen LogP contribution in [0.15, 0.2) is 54.6 Å². The highest BCUT2D eigenvalue weighted by Crippen LogP contribution is 2.37. The molecule has 1 atom stereocenters. The quantitative estimate of drug-likeness (QED) is 0.849. The minimum absolute atomic E-state index is 0.601. The zero-order chi connectivity index (χ0) is 16.6. The number of aliphatic hydroxyl groups is 1. The molecule has 0 saturated carbocycles. The van der Waals surface area contributed by atoms with Crippen LogP contribution >= 0.6 is 23.4 Å². The van der Waals surface area contributed by atoms with Crippen LogP contribution in [0.25, 0.3) is 0 Å². The molecular weight excluding hydrogens is 340 g/mol. The van der Waals surface area contributed by atoms with Crippen molar-refractivity contribution in [1.29, 1.82) is 0 Å². The van der Waals surface area contributed by atoms with Gasteiger partial charge in [-0.2, -0.15) is 0 Å². The fourth-order valence-electron chi connectivity index (χ4n) is 3.44. The number of hydrogen-bond acceptors (Lipinski definition) is 3. The smallest absolute Gasteiger partial charge is 0.311 e. The molecule has 0 unspecified atom stereocenters. The Balaban J connectivity index is 1.73. The van der Waals surface area contributed by atoms with E-state index in [0.29, 0.717) is 18.1 Å². The predicted octanol–water partition coefficient (Wildman–Crippen LogP) is 3.51. The van der Waals surface area contributed by atoms with Crippen molar-refractivity contribution in [2.75, 3.05) is 18.8 Å². The van der Waals surface area contributed by atoms with Gasteiger partial charge in [0.25, 0.3) is 5.72 Å². The fraction of sp³-hybridized carbons (Fsp3) is 0.316. The Morgan fingerprint density at radius 1 is 1.12 bits per heavy atom. The van der Waals surface area contributed by atoms with Gasteiger partial charge in [-0.3, -0.25) is 0 Å². The third-order valence-electron chi connectivity index (χ3n) is 4.65. The lowest BCUT2D eigenvalue weighted by Crippen LogP contribution is -2.45. The van der Waals surface area contributed by atoms with Crippen LogP contribution in [0.5, 0.6) is 0 Å². The molecule has 2 aliphatic rings. The van der Waals surface area contributed by atoms with Crippen molar-refractivity contribution in [2.24, 2.45) is 0 Å². The third kappa shape index (κ3) is 2.83. The summed E-state index contributed by atoms with van der Waals surface area (Å²) in [4.78, 5) is 2.15. The molecule has 0 fully saturated rings. The van der Waals surface area contributed by atoms with E-state index in [-0.39, 0.29) is 0 Å². The van der Waals surface area contributed by atoms with E-state index in [4.69, 9.17) is 11.6 Å². The molecule has 0 aromatic heterocycles. The van der Waals surface area contributed by atoms with E-state index < -0.39 is 5.72 Å². The number of amidine groups is 1. The molecule has 24 heavy (non-hydrogen) atoms. The molecule has 2 aromatic rings. The molecule has 0 spiro atoms. The minimum Gasteiger partial charge on any atom is -0.346 e. The van der Waals surface area contributed by atoms with E-state index >= 15 is 0 Å². The fourth-order valence-corrected chi connectivity index (χ4v) is 4.73. The van der Waals surface area contributed by atoms with Crippen molar-refractivity contribution in [3.8, 4) is 0 Å². The summed E-state index contributed by atoms with van der Waals surface area (Å²) in [6, 6.07) is 17.9. The standard InChI is InChI=1S/C19H20ClN2OS/c20-17-9-7-16(8-10-17)19(23)14-21-11-4-12-24-18(21)22(19)13-15-5-2-1-3-6-15/h1-3,5-10,23H,4,11-14H2/q+1/t19-/m0/s1. The van der Waals surface area contributed by atoms with Crippen molar-refractivity contribution in [3.05, 3.63) is 70.7 Å². The summed E-state index contributed by atoms with van der Waals surface area (Å²) in [5.41, 5.74) is 1.07. The highest BCUT2D eigenvalue weighted by molar-refractivity contribution is 8.13. The van der Waals surface area contributed by atoms with Crippen molar-refractivity contribution in [1.82, 2.24) is 4.90 Å². The highest BCUT2D eigenvalue weighted by atomic mass is 35.5. The van der Waals surface area contributed by atoms with Gasteiger partial charge in [0.2, 0.25) is 0 Å². The van der Waals surface area contributed by atoms with Gasteiger partial charge in [-0.25, -0.2) is 9.48 Å². The predicted molar refractivity (Wildman–Crippen MR) is 99.4 cm³/mol. The van der Waals surface area contributed by atoms with Gasteiger partial charge in [0, 0.05) is 16.3 Å². The Kier molecular flexibility index (Phi) is 4.29. The van der Waals surface area contributed by atoms with E-state index in [0.717, 1.165) is 24.3 Å². The lowest BCUT2D eigenvalue weighted by molar-refractivity contribution is -0.532. The number of hydrogen-bond donors (Lipinski definition) is 1. The van der Waals surface area contributed by atoms with Gasteiger partial charge >= 0.3 is 5.17 Å². The van der Waals surface area contributed by atoms with Gasteiger partial charge in [-0.15, -0.1) is 0 Å². The molecule has 5 heteroatoms. The van der Waals surface area contributed by atoms with Crippen LogP contribution in [0.2, 0.25) is 5.02 Å². The largest absolute Gasteiger partial charge is 0.346 e. The molecule has 1 N–H and O–H groups in total. The average molecular weight is 360 g/mol. The summed E-state index contributed by atoms with van der Waals surface area (Å²) in [5, 5.41) is 13.5. The number of rotatable bonds is 3. The second-order valence-electron chi connectivity index (χ2n) is 6.30. The summed E-state index contributed by atoms with van der Waals surface area (Å²) in [7, 11) is 0. The first-order chi connectivity index (χ1) is 11.7. The molecule has 2 heterocycles. The van der Waals surface area contributed by atoms with Crippen LogP contribution in [0.4, 0.5) is 0 Å². The molecule has 2 aliphatic heterocycles. The first-order valence-electron chi connectivity index (χ1n) is 8.21. The molecule has 3 nitrogen and oxygen atoms in total. The topological polar surface area (TPSA) is 26.5 Å². The maximum Gasteiger partial charge on any atom is 0.311 e. The van der Waals surface area contributed by atoms with Gasteiger partial charge in [0.1, 0.15) is 6.54 Å². The van der Waals surface area contributed by atoms with Crippen molar-refractivity contribution < 1.29 is 9.68 Å². The third-order valence-corrected chi connectivity index (χ3v) is 6.13. The summed E-state index contributed by atoms with van der Waals surface area (Å²) in [6.45, 7) is 2.30. The van der Waals surface area contributed by atoms with Crippen LogP contribution in [0.1, 0.15) is 17.5 Å². The van der Waals surface area contributed by atoms with E-state index in [9.17, 15) is 5.11 Å². The molecular formula is C19H20ClN2OS+. The maximum atomic E-state index is 11.6. The maximum absolute atomic E-state index is 11.6. The first-order valence-corrected chi connectivity index (χ1v) is 9.58. The van der Waals surface area contributed by atoms with Crippen molar-refractivity contribution >= 4 is 28.5 Å². The Hall–Kier alpha value is -1.49. The van der Waals surface area contributed by atoms with Crippen LogP contribution < -0.4 is 0 Å². The van der Waals surface area contributed by atoms with Crippen molar-refractivity contribution in [2.45, 2.75) is 18.7 Å². The molecule has 124 valence electrons. The van der Waals surface area contributed by atoms with Gasteiger partial charge in [-0.05, 0) is 35.9 Å². The Bertz CT molecular complexity index is 763. The zero-order valence-electron chi connectivity index (χ0n) is 13.4. The lowest BCUT2D eigenvalue weighted by Gasteiger charge is -2.28. The van der Waals surface area contributed by atoms with E-state index in [1.54, 1.807) is 0 Å². The average Bonchev–Trinajstić information content (AvgIpc) is 2.90. The van der Waals surface area contributed by atoms with Crippen molar-refractivity contribution in [3.63, 3.8) is 0 Å².